The normalized spacial score (nSPS) is 11.1. The van der Waals surface area contributed by atoms with Crippen molar-refractivity contribution in [3.63, 3.8) is 0 Å². The zero-order valence-corrected chi connectivity index (χ0v) is 17.6. The maximum atomic E-state index is 5.73. The lowest BCUT2D eigenvalue weighted by atomic mass is 10.2. The van der Waals surface area contributed by atoms with Crippen molar-refractivity contribution in [1.82, 2.24) is 10.6 Å². The summed E-state index contributed by atoms with van der Waals surface area (Å²) in [6.07, 6.45) is 0.179. The zero-order chi connectivity index (χ0) is 16.5. The molecule has 0 spiro atoms. The molecule has 2 rings (SSSR count). The molecule has 1 aromatic heterocycles. The molecule has 132 valence electrons. The van der Waals surface area contributed by atoms with Crippen LogP contribution in [0.5, 0.6) is 5.75 Å². The van der Waals surface area contributed by atoms with Gasteiger partial charge in [0, 0.05) is 11.4 Å². The quantitative estimate of drug-likeness (QED) is 0.367. The molecule has 2 N–H and O–H groups in total. The molecule has 0 aliphatic rings. The van der Waals surface area contributed by atoms with Crippen molar-refractivity contribution in [2.75, 3.05) is 6.54 Å². The second kappa shape index (κ2) is 11.3. The van der Waals surface area contributed by atoms with Crippen LogP contribution >= 0.6 is 35.3 Å². The van der Waals surface area contributed by atoms with E-state index in [1.165, 1.54) is 4.88 Å². The summed E-state index contributed by atoms with van der Waals surface area (Å²) in [6, 6.07) is 12.3. The van der Waals surface area contributed by atoms with Crippen LogP contribution in [-0.4, -0.2) is 18.6 Å². The lowest BCUT2D eigenvalue weighted by Gasteiger charge is -2.12. The average molecular weight is 459 g/mol. The Bertz CT molecular complexity index is 614. The van der Waals surface area contributed by atoms with Crippen LogP contribution in [0.2, 0.25) is 0 Å². The highest BCUT2D eigenvalue weighted by atomic mass is 127. The van der Waals surface area contributed by atoms with Crippen LogP contribution in [0.4, 0.5) is 0 Å². The summed E-state index contributed by atoms with van der Waals surface area (Å²) in [7, 11) is 0. The van der Waals surface area contributed by atoms with Crippen molar-refractivity contribution in [2.24, 2.45) is 4.99 Å². The molecule has 24 heavy (non-hydrogen) atoms. The molecule has 0 radical (unpaired) electrons. The van der Waals surface area contributed by atoms with E-state index >= 15 is 0 Å². The lowest BCUT2D eigenvalue weighted by molar-refractivity contribution is 0.242. The van der Waals surface area contributed by atoms with E-state index in [1.807, 2.05) is 32.0 Å². The van der Waals surface area contributed by atoms with Crippen LogP contribution in [0.25, 0.3) is 0 Å². The number of hydrogen-bond donors (Lipinski definition) is 2. The van der Waals surface area contributed by atoms with Gasteiger partial charge in [-0.3, -0.25) is 0 Å². The third-order valence-electron chi connectivity index (χ3n) is 3.04. The van der Waals surface area contributed by atoms with Gasteiger partial charge in [-0.15, -0.1) is 35.3 Å². The molecular weight excluding hydrogens is 433 g/mol. The molecule has 0 saturated heterocycles. The number of halogens is 1. The Morgan fingerprint density at radius 2 is 2.04 bits per heavy atom. The number of nitrogens with zero attached hydrogens (tertiary/aromatic N) is 1. The van der Waals surface area contributed by atoms with E-state index < -0.39 is 0 Å². The van der Waals surface area contributed by atoms with Crippen molar-refractivity contribution in [2.45, 2.75) is 40.0 Å². The van der Waals surface area contributed by atoms with Crippen LogP contribution in [0.1, 0.15) is 31.2 Å². The van der Waals surface area contributed by atoms with Gasteiger partial charge in [0.2, 0.25) is 0 Å². The van der Waals surface area contributed by atoms with E-state index in [0.29, 0.717) is 6.54 Å². The summed E-state index contributed by atoms with van der Waals surface area (Å²) >= 11 is 1.74. The minimum Gasteiger partial charge on any atom is -0.491 e. The summed E-state index contributed by atoms with van der Waals surface area (Å²) in [4.78, 5) is 5.94. The molecule has 0 unspecified atom stereocenters. The molecule has 0 aliphatic carbocycles. The van der Waals surface area contributed by atoms with E-state index in [-0.39, 0.29) is 30.1 Å². The molecule has 0 saturated carbocycles. The number of benzene rings is 1. The van der Waals surface area contributed by atoms with E-state index in [2.05, 4.69) is 46.1 Å². The van der Waals surface area contributed by atoms with Gasteiger partial charge in [0.15, 0.2) is 5.96 Å². The first-order chi connectivity index (χ1) is 11.2. The summed E-state index contributed by atoms with van der Waals surface area (Å²) < 4.78 is 5.73. The largest absolute Gasteiger partial charge is 0.491 e. The standard InChI is InChI=1S/C18H25N3OS.HI/c1-4-19-18(21-13-17-9-6-10-23-17)20-12-15-7-5-8-16(11-15)22-14(2)3;/h5-11,14H,4,12-13H2,1-3H3,(H2,19,20,21);1H. The molecule has 0 atom stereocenters. The predicted octanol–water partition coefficient (Wildman–Crippen LogP) is 4.41. The number of thiophene rings is 1. The smallest absolute Gasteiger partial charge is 0.191 e. The Labute approximate surface area is 165 Å². The van der Waals surface area contributed by atoms with Gasteiger partial charge in [-0.2, -0.15) is 0 Å². The fourth-order valence-electron chi connectivity index (χ4n) is 2.09. The summed E-state index contributed by atoms with van der Waals surface area (Å²) in [6.45, 7) is 8.38. The maximum absolute atomic E-state index is 5.73. The Morgan fingerprint density at radius 3 is 2.71 bits per heavy atom. The SMILES string of the molecule is CCNC(=NCc1cccc(OC(C)C)c1)NCc1cccs1.I. The van der Waals surface area contributed by atoms with Crippen molar-refractivity contribution in [3.05, 3.63) is 52.2 Å². The molecule has 2 aromatic rings. The minimum atomic E-state index is 0. The molecular formula is C18H26IN3OS. The first-order valence-electron chi connectivity index (χ1n) is 7.97. The molecule has 1 aromatic carbocycles. The van der Waals surface area contributed by atoms with Gasteiger partial charge in [-0.1, -0.05) is 18.2 Å². The molecule has 0 bridgehead atoms. The van der Waals surface area contributed by atoms with Gasteiger partial charge < -0.3 is 15.4 Å². The highest BCUT2D eigenvalue weighted by molar-refractivity contribution is 14.0. The van der Waals surface area contributed by atoms with Crippen LogP contribution in [0.3, 0.4) is 0 Å². The lowest BCUT2D eigenvalue weighted by Crippen LogP contribution is -2.36. The molecule has 0 fully saturated rings. The summed E-state index contributed by atoms with van der Waals surface area (Å²) in [5.41, 5.74) is 1.14. The summed E-state index contributed by atoms with van der Waals surface area (Å²) in [5.74, 6) is 1.72. The molecule has 0 amide bonds. The van der Waals surface area contributed by atoms with Crippen molar-refractivity contribution in [3.8, 4) is 5.75 Å². The second-order valence-corrected chi connectivity index (χ2v) is 6.47. The van der Waals surface area contributed by atoms with Gasteiger partial charge in [0.05, 0.1) is 19.2 Å². The van der Waals surface area contributed by atoms with Crippen LogP contribution in [-0.2, 0) is 13.1 Å². The third-order valence-corrected chi connectivity index (χ3v) is 3.92. The first-order valence-corrected chi connectivity index (χ1v) is 8.85. The average Bonchev–Trinajstić information content (AvgIpc) is 3.03. The van der Waals surface area contributed by atoms with Crippen molar-refractivity contribution in [1.29, 1.82) is 0 Å². The second-order valence-electron chi connectivity index (χ2n) is 5.44. The number of guanidine groups is 1. The van der Waals surface area contributed by atoms with Gasteiger partial charge >= 0.3 is 0 Å². The van der Waals surface area contributed by atoms with Gasteiger partial charge in [-0.05, 0) is 49.9 Å². The van der Waals surface area contributed by atoms with Gasteiger partial charge in [0.25, 0.3) is 0 Å². The van der Waals surface area contributed by atoms with E-state index in [9.17, 15) is 0 Å². The highest BCUT2D eigenvalue weighted by Crippen LogP contribution is 2.15. The fourth-order valence-corrected chi connectivity index (χ4v) is 2.73. The number of nitrogens with one attached hydrogen (secondary N) is 2. The third kappa shape index (κ3) is 7.53. The first kappa shape index (κ1) is 20.8. The maximum Gasteiger partial charge on any atom is 0.191 e. The topological polar surface area (TPSA) is 45.7 Å². The number of rotatable bonds is 7. The Hall–Kier alpha value is -1.28. The Balaban J connectivity index is 0.00000288. The van der Waals surface area contributed by atoms with Gasteiger partial charge in [-0.25, -0.2) is 4.99 Å². The zero-order valence-electron chi connectivity index (χ0n) is 14.4. The van der Waals surface area contributed by atoms with Crippen LogP contribution in [0.15, 0.2) is 46.8 Å². The van der Waals surface area contributed by atoms with E-state index in [4.69, 9.17) is 4.74 Å². The monoisotopic (exact) mass is 459 g/mol. The van der Waals surface area contributed by atoms with Crippen LogP contribution in [0, 0.1) is 0 Å². The number of ether oxygens (including phenoxy) is 1. The number of hydrogen-bond acceptors (Lipinski definition) is 3. The van der Waals surface area contributed by atoms with Gasteiger partial charge in [0.1, 0.15) is 5.75 Å². The minimum absolute atomic E-state index is 0. The van der Waals surface area contributed by atoms with Crippen LogP contribution < -0.4 is 15.4 Å². The van der Waals surface area contributed by atoms with Crippen molar-refractivity contribution >= 4 is 41.3 Å². The molecule has 0 aliphatic heterocycles. The Kier molecular flexibility index (Phi) is 9.78. The molecule has 1 heterocycles. The molecule has 6 heteroatoms. The van der Waals surface area contributed by atoms with E-state index in [0.717, 1.165) is 30.4 Å². The summed E-state index contributed by atoms with van der Waals surface area (Å²) in [5, 5.41) is 8.72. The highest BCUT2D eigenvalue weighted by Gasteiger charge is 2.01. The number of aliphatic imine (C=N–C) groups is 1. The fraction of sp³-hybridized carbons (Fsp3) is 0.389. The van der Waals surface area contributed by atoms with E-state index in [1.54, 1.807) is 11.3 Å². The predicted molar refractivity (Wildman–Crippen MR) is 114 cm³/mol. The Morgan fingerprint density at radius 1 is 1.21 bits per heavy atom. The molecule has 4 nitrogen and oxygen atoms in total. The van der Waals surface area contributed by atoms with Crippen molar-refractivity contribution < 1.29 is 4.74 Å².